The van der Waals surface area contributed by atoms with Crippen LogP contribution in [-0.4, -0.2) is 35.2 Å². The third kappa shape index (κ3) is 3.70. The smallest absolute Gasteiger partial charge is 0.0684 e. The van der Waals surface area contributed by atoms with Gasteiger partial charge in [-0.2, -0.15) is 5.26 Å². The summed E-state index contributed by atoms with van der Waals surface area (Å²) in [5, 5.41) is 19.3. The predicted octanol–water partition coefficient (Wildman–Crippen LogP) is 2.94. The highest BCUT2D eigenvalue weighted by Gasteiger charge is 2.37. The average Bonchev–Trinajstić information content (AvgIpc) is 2.83. The van der Waals surface area contributed by atoms with E-state index in [1.54, 1.807) is 0 Å². The first-order valence-corrected chi connectivity index (χ1v) is 7.87. The molecule has 0 aromatic carbocycles. The van der Waals surface area contributed by atoms with Crippen LogP contribution in [0.5, 0.6) is 0 Å². The maximum Gasteiger partial charge on any atom is 0.0684 e. The maximum atomic E-state index is 10.2. The summed E-state index contributed by atoms with van der Waals surface area (Å²) in [5.41, 5.74) is -0.226. The topological polar surface area (TPSA) is 47.3 Å². The lowest BCUT2D eigenvalue weighted by Crippen LogP contribution is -2.47. The van der Waals surface area contributed by atoms with Gasteiger partial charge in [-0.1, -0.05) is 12.8 Å². The van der Waals surface area contributed by atoms with Crippen LogP contribution in [0.3, 0.4) is 0 Å². The highest BCUT2D eigenvalue weighted by molar-refractivity contribution is 4.94. The van der Waals surface area contributed by atoms with Crippen molar-refractivity contribution in [3.63, 3.8) is 0 Å². The van der Waals surface area contributed by atoms with Gasteiger partial charge >= 0.3 is 0 Å². The number of hydrogen-bond acceptors (Lipinski definition) is 3. The van der Waals surface area contributed by atoms with Gasteiger partial charge in [0.25, 0.3) is 0 Å². The Balaban J connectivity index is 1.94. The van der Waals surface area contributed by atoms with E-state index in [1.165, 1.54) is 32.1 Å². The van der Waals surface area contributed by atoms with Crippen LogP contribution >= 0.6 is 0 Å². The number of likely N-dealkylation sites (tertiary alicyclic amines) is 1. The van der Waals surface area contributed by atoms with Crippen LogP contribution in [0.4, 0.5) is 0 Å². The van der Waals surface area contributed by atoms with Crippen molar-refractivity contribution < 1.29 is 5.11 Å². The zero-order valence-corrected chi connectivity index (χ0v) is 12.4. The van der Waals surface area contributed by atoms with E-state index >= 15 is 0 Å². The summed E-state index contributed by atoms with van der Waals surface area (Å²) in [6.45, 7) is 6.20. The first-order valence-electron chi connectivity index (χ1n) is 7.87. The molecule has 108 valence electrons. The van der Waals surface area contributed by atoms with Crippen LogP contribution in [0.15, 0.2) is 0 Å². The van der Waals surface area contributed by atoms with Gasteiger partial charge in [0.2, 0.25) is 0 Å². The van der Waals surface area contributed by atoms with E-state index in [0.717, 1.165) is 25.9 Å². The van der Waals surface area contributed by atoms with Crippen LogP contribution in [0.2, 0.25) is 0 Å². The molecular weight excluding hydrogens is 236 g/mol. The fourth-order valence-electron chi connectivity index (χ4n) is 3.68. The number of nitrogens with zero attached hydrogens (tertiary/aromatic N) is 2. The molecule has 1 heterocycles. The molecule has 1 saturated carbocycles. The molecule has 0 aromatic rings. The summed E-state index contributed by atoms with van der Waals surface area (Å²) in [4.78, 5) is 2.56. The van der Waals surface area contributed by atoms with Crippen molar-refractivity contribution in [3.05, 3.63) is 0 Å². The summed E-state index contributed by atoms with van der Waals surface area (Å²) in [6.07, 6.45) is 7.99. The molecular formula is C16H28N2O. The second kappa shape index (κ2) is 6.24. The lowest BCUT2D eigenvalue weighted by Gasteiger charge is -2.41. The van der Waals surface area contributed by atoms with Gasteiger partial charge in [-0.25, -0.2) is 0 Å². The molecule has 2 aliphatic rings. The Kier molecular flexibility index (Phi) is 4.86. The highest BCUT2D eigenvalue weighted by Crippen LogP contribution is 2.35. The second-order valence-corrected chi connectivity index (χ2v) is 7.01. The van der Waals surface area contributed by atoms with Crippen LogP contribution in [0.25, 0.3) is 0 Å². The third-order valence-corrected chi connectivity index (χ3v) is 5.02. The minimum absolute atomic E-state index is 0.0884. The molecule has 1 aliphatic carbocycles. The van der Waals surface area contributed by atoms with Gasteiger partial charge in [0.15, 0.2) is 0 Å². The molecule has 3 atom stereocenters. The molecule has 1 N–H and O–H groups in total. The monoisotopic (exact) mass is 264 g/mol. The lowest BCUT2D eigenvalue weighted by molar-refractivity contribution is 0.0318. The molecule has 1 saturated heterocycles. The zero-order valence-electron chi connectivity index (χ0n) is 12.4. The first kappa shape index (κ1) is 14.8. The van der Waals surface area contributed by atoms with E-state index in [9.17, 15) is 5.11 Å². The molecule has 0 amide bonds. The number of nitriles is 1. The van der Waals surface area contributed by atoms with Crippen LogP contribution < -0.4 is 0 Å². The van der Waals surface area contributed by atoms with Crippen molar-refractivity contribution in [2.24, 2.45) is 11.3 Å². The van der Waals surface area contributed by atoms with Crippen molar-refractivity contribution in [2.45, 2.75) is 70.9 Å². The van der Waals surface area contributed by atoms with Crippen LogP contribution in [0.1, 0.15) is 58.8 Å². The fourth-order valence-corrected chi connectivity index (χ4v) is 3.68. The first-order chi connectivity index (χ1) is 9.03. The predicted molar refractivity (Wildman–Crippen MR) is 76.6 cm³/mol. The molecule has 0 bridgehead atoms. The maximum absolute atomic E-state index is 10.2. The molecule has 2 rings (SSSR count). The van der Waals surface area contributed by atoms with Gasteiger partial charge < -0.3 is 5.11 Å². The summed E-state index contributed by atoms with van der Waals surface area (Å²) >= 11 is 0. The number of piperidine rings is 1. The summed E-state index contributed by atoms with van der Waals surface area (Å²) in [5.74, 6) is 0.477. The minimum atomic E-state index is -0.226. The Morgan fingerprint density at radius 1 is 1.21 bits per heavy atom. The van der Waals surface area contributed by atoms with E-state index in [0.29, 0.717) is 12.0 Å². The number of hydrogen-bond donors (Lipinski definition) is 1. The van der Waals surface area contributed by atoms with Crippen molar-refractivity contribution in [1.29, 1.82) is 5.26 Å². The minimum Gasteiger partial charge on any atom is -0.393 e. The number of aliphatic hydroxyl groups is 1. The third-order valence-electron chi connectivity index (χ3n) is 5.02. The Morgan fingerprint density at radius 3 is 2.63 bits per heavy atom. The van der Waals surface area contributed by atoms with Gasteiger partial charge in [-0.15, -0.1) is 0 Å². The summed E-state index contributed by atoms with van der Waals surface area (Å²) < 4.78 is 0. The lowest BCUT2D eigenvalue weighted by atomic mass is 9.86. The summed E-state index contributed by atoms with van der Waals surface area (Å²) in [7, 11) is 0. The van der Waals surface area contributed by atoms with Gasteiger partial charge in [0, 0.05) is 12.0 Å². The van der Waals surface area contributed by atoms with Gasteiger partial charge in [-0.3, -0.25) is 4.90 Å². The molecule has 1 aliphatic heterocycles. The van der Waals surface area contributed by atoms with E-state index in [1.807, 2.05) is 13.8 Å². The zero-order chi connectivity index (χ0) is 13.9. The SMILES string of the molecule is CC(C)(C#N)CCN1CCCCC1C1CCCC1O. The Bertz CT molecular complexity index is 334. The summed E-state index contributed by atoms with van der Waals surface area (Å²) in [6, 6.07) is 2.95. The van der Waals surface area contributed by atoms with Crippen molar-refractivity contribution in [1.82, 2.24) is 4.90 Å². The van der Waals surface area contributed by atoms with E-state index in [2.05, 4.69) is 11.0 Å². The number of aliphatic hydroxyl groups excluding tert-OH is 1. The largest absolute Gasteiger partial charge is 0.393 e. The molecule has 3 nitrogen and oxygen atoms in total. The van der Waals surface area contributed by atoms with Crippen molar-refractivity contribution >= 4 is 0 Å². The van der Waals surface area contributed by atoms with E-state index in [-0.39, 0.29) is 11.5 Å². The molecule has 3 unspecified atom stereocenters. The van der Waals surface area contributed by atoms with Crippen molar-refractivity contribution in [2.75, 3.05) is 13.1 Å². The van der Waals surface area contributed by atoms with Crippen molar-refractivity contribution in [3.8, 4) is 6.07 Å². The van der Waals surface area contributed by atoms with Gasteiger partial charge in [0.05, 0.1) is 17.6 Å². The fraction of sp³-hybridized carbons (Fsp3) is 0.938. The van der Waals surface area contributed by atoms with E-state index < -0.39 is 0 Å². The number of rotatable bonds is 4. The molecule has 0 radical (unpaired) electrons. The average molecular weight is 264 g/mol. The van der Waals surface area contributed by atoms with Gasteiger partial charge in [0.1, 0.15) is 0 Å². The highest BCUT2D eigenvalue weighted by atomic mass is 16.3. The second-order valence-electron chi connectivity index (χ2n) is 7.01. The normalized spacial score (nSPS) is 33.3. The van der Waals surface area contributed by atoms with Crippen LogP contribution in [-0.2, 0) is 0 Å². The molecule has 3 heteroatoms. The molecule has 0 aromatic heterocycles. The Morgan fingerprint density at radius 2 is 2.00 bits per heavy atom. The van der Waals surface area contributed by atoms with Gasteiger partial charge in [-0.05, 0) is 59.0 Å². The van der Waals surface area contributed by atoms with Crippen LogP contribution in [0, 0.1) is 22.7 Å². The Labute approximate surface area is 117 Å². The molecule has 0 spiro atoms. The standard InChI is InChI=1S/C16H28N2O/c1-16(2,12-17)9-11-18-10-4-3-7-14(18)13-6-5-8-15(13)19/h13-15,19H,3-11H2,1-2H3. The molecule has 2 fully saturated rings. The Hall–Kier alpha value is -0.590. The van der Waals surface area contributed by atoms with E-state index in [4.69, 9.17) is 5.26 Å². The quantitative estimate of drug-likeness (QED) is 0.849. The molecule has 19 heavy (non-hydrogen) atoms.